The van der Waals surface area contributed by atoms with Gasteiger partial charge in [0.1, 0.15) is 0 Å². The highest BCUT2D eigenvalue weighted by Gasteiger charge is 1.88. The number of methoxy groups -OCH3 is 1. The molecule has 1 radical (unpaired) electrons. The van der Waals surface area contributed by atoms with E-state index in [0.29, 0.717) is 10.9 Å². The molecule has 0 spiro atoms. The van der Waals surface area contributed by atoms with E-state index in [4.69, 9.17) is 26.4 Å². The number of hydrogen-bond acceptors (Lipinski definition) is 4. The second kappa shape index (κ2) is 6.91. The number of hydrogen-bond donors (Lipinski definition) is 2. The van der Waals surface area contributed by atoms with Gasteiger partial charge in [0, 0.05) is 12.3 Å². The standard InChI is InChI=1S/C6H6ClNO.BH2O2/c1-9-6-3-2-5(7)4-8-6;2-1-3/h2-4H,1H3;2-3H. The van der Waals surface area contributed by atoms with Crippen molar-refractivity contribution in [2.75, 3.05) is 7.11 Å². The van der Waals surface area contributed by atoms with Crippen LogP contribution >= 0.6 is 11.6 Å². The minimum atomic E-state index is 0. The van der Waals surface area contributed by atoms with Gasteiger partial charge in [0.05, 0.1) is 12.1 Å². The monoisotopic (exact) mass is 188 g/mol. The van der Waals surface area contributed by atoms with Gasteiger partial charge in [-0.3, -0.25) is 0 Å². The largest absolute Gasteiger partial charge is 0.482 e. The zero-order chi connectivity index (χ0) is 9.40. The third-order valence-electron chi connectivity index (χ3n) is 0.909. The van der Waals surface area contributed by atoms with Crippen LogP contribution in [-0.4, -0.2) is 29.8 Å². The average molecular weight is 188 g/mol. The van der Waals surface area contributed by atoms with Gasteiger partial charge in [0.25, 0.3) is 0 Å². The highest BCUT2D eigenvalue weighted by Crippen LogP contribution is 2.09. The number of aromatic nitrogens is 1. The van der Waals surface area contributed by atoms with E-state index in [9.17, 15) is 0 Å². The maximum Gasteiger partial charge on any atom is 0.482 e. The molecule has 4 nitrogen and oxygen atoms in total. The van der Waals surface area contributed by atoms with Gasteiger partial charge in [0.15, 0.2) is 0 Å². The number of nitrogens with zero attached hydrogens (tertiary/aromatic N) is 1. The lowest BCUT2D eigenvalue weighted by Crippen LogP contribution is -1.84. The van der Waals surface area contributed by atoms with Gasteiger partial charge < -0.3 is 14.8 Å². The summed E-state index contributed by atoms with van der Waals surface area (Å²) < 4.78 is 4.80. The van der Waals surface area contributed by atoms with Gasteiger partial charge >= 0.3 is 7.69 Å². The van der Waals surface area contributed by atoms with E-state index in [1.165, 1.54) is 0 Å². The molecule has 1 aromatic rings. The Morgan fingerprint density at radius 1 is 1.50 bits per heavy atom. The number of pyridine rings is 1. The molecule has 65 valence electrons. The van der Waals surface area contributed by atoms with E-state index < -0.39 is 0 Å². The lowest BCUT2D eigenvalue weighted by molar-refractivity contribution is 0.398. The van der Waals surface area contributed by atoms with Crippen molar-refractivity contribution in [3.8, 4) is 5.88 Å². The topological polar surface area (TPSA) is 62.6 Å². The van der Waals surface area contributed by atoms with Crippen LogP contribution < -0.4 is 4.74 Å². The van der Waals surface area contributed by atoms with E-state index in [-0.39, 0.29) is 7.69 Å². The molecule has 0 aliphatic rings. The lowest BCUT2D eigenvalue weighted by atomic mass is 10.5. The molecule has 0 aliphatic heterocycles. The first kappa shape index (κ1) is 11.2. The normalized spacial score (nSPS) is 8.00. The van der Waals surface area contributed by atoms with Crippen molar-refractivity contribution in [1.29, 1.82) is 0 Å². The summed E-state index contributed by atoms with van der Waals surface area (Å²) in [4.78, 5) is 3.84. The van der Waals surface area contributed by atoms with E-state index in [1.807, 2.05) is 0 Å². The Kier molecular flexibility index (Phi) is 6.46. The molecule has 1 rings (SSSR count). The maximum atomic E-state index is 7.00. The first-order chi connectivity index (χ1) is 5.74. The van der Waals surface area contributed by atoms with E-state index >= 15 is 0 Å². The molecule has 0 bridgehead atoms. The number of rotatable bonds is 1. The van der Waals surface area contributed by atoms with Crippen LogP contribution in [0.4, 0.5) is 0 Å². The molecule has 2 N–H and O–H groups in total. The Hall–Kier alpha value is -0.775. The van der Waals surface area contributed by atoms with Gasteiger partial charge in [-0.25, -0.2) is 4.98 Å². The van der Waals surface area contributed by atoms with Crippen LogP contribution in [0.2, 0.25) is 5.02 Å². The lowest BCUT2D eigenvalue weighted by Gasteiger charge is -1.94. The summed E-state index contributed by atoms with van der Waals surface area (Å²) in [6.07, 6.45) is 1.54. The number of halogens is 1. The first-order valence-corrected chi connectivity index (χ1v) is 3.38. The highest BCUT2D eigenvalue weighted by molar-refractivity contribution is 6.30. The van der Waals surface area contributed by atoms with Gasteiger partial charge in [-0.15, -0.1) is 0 Å². The van der Waals surface area contributed by atoms with Crippen LogP contribution in [0.1, 0.15) is 0 Å². The van der Waals surface area contributed by atoms with Gasteiger partial charge in [0.2, 0.25) is 5.88 Å². The summed E-state index contributed by atoms with van der Waals surface area (Å²) in [5.74, 6) is 0.583. The summed E-state index contributed by atoms with van der Waals surface area (Å²) in [5.41, 5.74) is 0. The second-order valence-electron chi connectivity index (χ2n) is 1.63. The summed E-state index contributed by atoms with van der Waals surface area (Å²) in [6, 6.07) is 3.44. The fraction of sp³-hybridized carbons (Fsp3) is 0.167. The quantitative estimate of drug-likeness (QED) is 0.620. The fourth-order valence-electron chi connectivity index (χ4n) is 0.483. The third-order valence-corrected chi connectivity index (χ3v) is 1.13. The smallest absolute Gasteiger partial charge is 0.481 e. The van der Waals surface area contributed by atoms with Gasteiger partial charge in [-0.1, -0.05) is 11.6 Å². The zero-order valence-electron chi connectivity index (χ0n) is 6.44. The molecule has 0 amide bonds. The van der Waals surface area contributed by atoms with Crippen molar-refractivity contribution in [1.82, 2.24) is 4.98 Å². The predicted octanol–water partition coefficient (Wildman–Crippen LogP) is 0.249. The molecule has 0 saturated carbocycles. The number of ether oxygens (including phenoxy) is 1. The molecule has 6 heteroatoms. The SMILES string of the molecule is COc1ccc(Cl)cn1.O[B]O. The fourth-order valence-corrected chi connectivity index (χ4v) is 0.595. The molecular formula is C6H8BClNO3. The molecular weight excluding hydrogens is 180 g/mol. The first-order valence-electron chi connectivity index (χ1n) is 3.00. The highest BCUT2D eigenvalue weighted by atomic mass is 35.5. The summed E-state index contributed by atoms with van der Waals surface area (Å²) in [7, 11) is 1.57. The van der Waals surface area contributed by atoms with Crippen molar-refractivity contribution in [3.05, 3.63) is 23.4 Å². The predicted molar refractivity (Wildman–Crippen MR) is 46.0 cm³/mol. The Morgan fingerprint density at radius 2 is 2.08 bits per heavy atom. The summed E-state index contributed by atoms with van der Waals surface area (Å²) >= 11 is 5.55. The molecule has 0 aromatic carbocycles. The average Bonchev–Trinajstić information content (AvgIpc) is 2.07. The second-order valence-corrected chi connectivity index (χ2v) is 2.07. The van der Waals surface area contributed by atoms with Crippen molar-refractivity contribution in [2.45, 2.75) is 0 Å². The Bertz CT molecular complexity index is 206. The minimum absolute atomic E-state index is 0. The van der Waals surface area contributed by atoms with Crippen molar-refractivity contribution < 1.29 is 14.8 Å². The maximum absolute atomic E-state index is 7.00. The van der Waals surface area contributed by atoms with Crippen LogP contribution in [0.15, 0.2) is 18.3 Å². The molecule has 1 heterocycles. The molecule has 0 unspecified atom stereocenters. The summed E-state index contributed by atoms with van der Waals surface area (Å²) in [5, 5.41) is 14.6. The van der Waals surface area contributed by atoms with E-state index in [0.717, 1.165) is 0 Å². The van der Waals surface area contributed by atoms with Crippen molar-refractivity contribution in [2.24, 2.45) is 0 Å². The van der Waals surface area contributed by atoms with Crippen molar-refractivity contribution >= 4 is 19.3 Å². The Labute approximate surface area is 76.1 Å². The van der Waals surface area contributed by atoms with E-state index in [1.54, 1.807) is 25.4 Å². The van der Waals surface area contributed by atoms with Crippen LogP contribution in [0.3, 0.4) is 0 Å². The summed E-state index contributed by atoms with van der Waals surface area (Å²) in [6.45, 7) is 0. The molecule has 0 atom stereocenters. The molecule has 0 fully saturated rings. The zero-order valence-corrected chi connectivity index (χ0v) is 7.19. The molecule has 0 aliphatic carbocycles. The van der Waals surface area contributed by atoms with Gasteiger partial charge in [-0.2, -0.15) is 0 Å². The van der Waals surface area contributed by atoms with E-state index in [2.05, 4.69) is 4.98 Å². The molecule has 1 aromatic heterocycles. The molecule has 0 saturated heterocycles. The molecule has 12 heavy (non-hydrogen) atoms. The van der Waals surface area contributed by atoms with Crippen LogP contribution in [0.5, 0.6) is 5.88 Å². The minimum Gasteiger partial charge on any atom is -0.481 e. The Balaban J connectivity index is 0.000000354. The van der Waals surface area contributed by atoms with Gasteiger partial charge in [-0.05, 0) is 6.07 Å². The van der Waals surface area contributed by atoms with Crippen LogP contribution in [-0.2, 0) is 0 Å². The Morgan fingerprint density at radius 3 is 2.42 bits per heavy atom. The van der Waals surface area contributed by atoms with Crippen molar-refractivity contribution in [3.63, 3.8) is 0 Å². The van der Waals surface area contributed by atoms with Crippen LogP contribution in [0, 0.1) is 0 Å². The third kappa shape index (κ3) is 4.95. The van der Waals surface area contributed by atoms with Crippen LogP contribution in [0.25, 0.3) is 0 Å².